The molecule has 0 aliphatic rings. The molecule has 122 valence electrons. The number of rotatable bonds is 11. The van der Waals surface area contributed by atoms with Crippen molar-refractivity contribution in [2.75, 3.05) is 13.1 Å². The van der Waals surface area contributed by atoms with E-state index in [9.17, 15) is 8.42 Å². The quantitative estimate of drug-likeness (QED) is 0.612. The Morgan fingerprint density at radius 1 is 1.24 bits per heavy atom. The van der Waals surface area contributed by atoms with Gasteiger partial charge in [-0.15, -0.1) is 11.3 Å². The second kappa shape index (κ2) is 9.56. The van der Waals surface area contributed by atoms with E-state index in [0.29, 0.717) is 4.21 Å². The molecule has 1 rings (SSSR count). The number of hydrogen-bond acceptors (Lipinski definition) is 4. The van der Waals surface area contributed by atoms with Gasteiger partial charge < -0.3 is 5.32 Å². The largest absolute Gasteiger partial charge is 0.317 e. The molecule has 1 aromatic heterocycles. The van der Waals surface area contributed by atoms with E-state index in [1.165, 1.54) is 11.3 Å². The first-order chi connectivity index (χ1) is 9.99. The Morgan fingerprint density at radius 2 is 2.00 bits per heavy atom. The Labute approximate surface area is 133 Å². The lowest BCUT2D eigenvalue weighted by molar-refractivity contribution is 0.528. The van der Waals surface area contributed by atoms with E-state index in [2.05, 4.69) is 23.9 Å². The van der Waals surface area contributed by atoms with Gasteiger partial charge in [0.25, 0.3) is 0 Å². The van der Waals surface area contributed by atoms with Crippen molar-refractivity contribution in [2.24, 2.45) is 0 Å². The topological polar surface area (TPSA) is 58.2 Å². The average molecular weight is 333 g/mol. The first kappa shape index (κ1) is 18.6. The van der Waals surface area contributed by atoms with Crippen molar-refractivity contribution in [1.82, 2.24) is 10.0 Å². The Bertz CT molecular complexity index is 498. The lowest BCUT2D eigenvalue weighted by atomic mass is 10.1. The maximum atomic E-state index is 12.3. The summed E-state index contributed by atoms with van der Waals surface area (Å²) in [5.74, 6) is 0. The molecule has 1 unspecified atom stereocenters. The molecule has 1 atom stereocenters. The fourth-order valence-electron chi connectivity index (χ4n) is 2.11. The average Bonchev–Trinajstić information content (AvgIpc) is 2.88. The highest BCUT2D eigenvalue weighted by molar-refractivity contribution is 7.91. The van der Waals surface area contributed by atoms with Crippen LogP contribution >= 0.6 is 11.3 Å². The molecule has 6 heteroatoms. The van der Waals surface area contributed by atoms with Gasteiger partial charge in [-0.05, 0) is 45.0 Å². The minimum atomic E-state index is -3.36. The molecule has 1 aromatic rings. The monoisotopic (exact) mass is 332 g/mol. The van der Waals surface area contributed by atoms with Crippen LogP contribution in [-0.2, 0) is 16.4 Å². The number of likely N-dealkylation sites (N-methyl/N-ethyl adjacent to an activating group) is 1. The summed E-state index contributed by atoms with van der Waals surface area (Å²) in [5.41, 5.74) is 0. The predicted octanol–water partition coefficient (Wildman–Crippen LogP) is 3.15. The summed E-state index contributed by atoms with van der Waals surface area (Å²) in [6.45, 7) is 7.97. The molecule has 0 amide bonds. The van der Waals surface area contributed by atoms with Gasteiger partial charge in [-0.3, -0.25) is 0 Å². The fourth-order valence-corrected chi connectivity index (χ4v) is 4.76. The molecule has 0 saturated carbocycles. The standard InChI is InChI=1S/C15H28N2O2S2/c1-4-6-7-8-13(3)17-21(18,19)15-10-9-14(20-15)11-12-16-5-2/h9-10,13,16-17H,4-8,11-12H2,1-3H3. The van der Waals surface area contributed by atoms with E-state index >= 15 is 0 Å². The molecule has 2 N–H and O–H groups in total. The van der Waals surface area contributed by atoms with E-state index in [1.807, 2.05) is 13.0 Å². The lowest BCUT2D eigenvalue weighted by Gasteiger charge is -2.12. The fraction of sp³-hybridized carbons (Fsp3) is 0.733. The molecule has 0 saturated heterocycles. The van der Waals surface area contributed by atoms with Crippen LogP contribution in [0.1, 0.15) is 51.3 Å². The van der Waals surface area contributed by atoms with Crippen molar-refractivity contribution in [1.29, 1.82) is 0 Å². The highest BCUT2D eigenvalue weighted by atomic mass is 32.2. The molecule has 0 aromatic carbocycles. The van der Waals surface area contributed by atoms with E-state index in [4.69, 9.17) is 0 Å². The zero-order valence-electron chi connectivity index (χ0n) is 13.3. The van der Waals surface area contributed by atoms with Gasteiger partial charge in [-0.2, -0.15) is 0 Å². The van der Waals surface area contributed by atoms with Crippen LogP contribution in [0, 0.1) is 0 Å². The van der Waals surface area contributed by atoms with Gasteiger partial charge in [0.2, 0.25) is 10.0 Å². The van der Waals surface area contributed by atoms with Gasteiger partial charge in [0.1, 0.15) is 4.21 Å². The number of thiophene rings is 1. The zero-order valence-corrected chi connectivity index (χ0v) is 14.9. The van der Waals surface area contributed by atoms with Crippen molar-refractivity contribution in [2.45, 2.75) is 63.1 Å². The molecule has 1 heterocycles. The van der Waals surface area contributed by atoms with E-state index < -0.39 is 10.0 Å². The van der Waals surface area contributed by atoms with Crippen molar-refractivity contribution in [3.8, 4) is 0 Å². The number of unbranched alkanes of at least 4 members (excludes halogenated alkanes) is 2. The summed E-state index contributed by atoms with van der Waals surface area (Å²) in [6, 6.07) is 3.62. The van der Waals surface area contributed by atoms with E-state index in [1.54, 1.807) is 6.07 Å². The Kier molecular flexibility index (Phi) is 8.48. The third-order valence-corrected chi connectivity index (χ3v) is 6.52. The van der Waals surface area contributed by atoms with Crippen molar-refractivity contribution >= 4 is 21.4 Å². The third kappa shape index (κ3) is 6.91. The SMILES string of the molecule is CCCCCC(C)NS(=O)(=O)c1ccc(CCNCC)s1. The Balaban J connectivity index is 2.53. The molecule has 0 aliphatic carbocycles. The van der Waals surface area contributed by atoms with Gasteiger partial charge in [0.15, 0.2) is 0 Å². The molecule has 0 spiro atoms. The van der Waals surface area contributed by atoms with Gasteiger partial charge in [-0.1, -0.05) is 33.1 Å². The minimum Gasteiger partial charge on any atom is -0.317 e. The highest BCUT2D eigenvalue weighted by Gasteiger charge is 2.19. The zero-order chi connectivity index (χ0) is 15.7. The summed E-state index contributed by atoms with van der Waals surface area (Å²) in [4.78, 5) is 1.11. The first-order valence-electron chi connectivity index (χ1n) is 7.81. The Hall–Kier alpha value is -0.430. The highest BCUT2D eigenvalue weighted by Crippen LogP contribution is 2.22. The van der Waals surface area contributed by atoms with E-state index in [-0.39, 0.29) is 6.04 Å². The second-order valence-electron chi connectivity index (χ2n) is 5.34. The van der Waals surface area contributed by atoms with Crippen LogP contribution in [0.25, 0.3) is 0 Å². The van der Waals surface area contributed by atoms with Crippen molar-refractivity contribution in [3.63, 3.8) is 0 Å². The van der Waals surface area contributed by atoms with Crippen LogP contribution in [-0.4, -0.2) is 27.5 Å². The number of hydrogen-bond donors (Lipinski definition) is 2. The smallest absolute Gasteiger partial charge is 0.250 e. The summed E-state index contributed by atoms with van der Waals surface area (Å²) in [7, 11) is -3.36. The van der Waals surface area contributed by atoms with Gasteiger partial charge in [0, 0.05) is 10.9 Å². The molecular weight excluding hydrogens is 304 g/mol. The molecule has 21 heavy (non-hydrogen) atoms. The Morgan fingerprint density at radius 3 is 2.67 bits per heavy atom. The summed E-state index contributed by atoms with van der Waals surface area (Å²) < 4.78 is 27.8. The van der Waals surface area contributed by atoms with E-state index in [0.717, 1.165) is 50.1 Å². The van der Waals surface area contributed by atoms with Crippen LogP contribution in [0.3, 0.4) is 0 Å². The van der Waals surface area contributed by atoms with Crippen molar-refractivity contribution < 1.29 is 8.42 Å². The van der Waals surface area contributed by atoms with Crippen LogP contribution in [0.15, 0.2) is 16.3 Å². The van der Waals surface area contributed by atoms with Gasteiger partial charge >= 0.3 is 0 Å². The van der Waals surface area contributed by atoms with Crippen LogP contribution in [0.2, 0.25) is 0 Å². The first-order valence-corrected chi connectivity index (χ1v) is 10.1. The lowest BCUT2D eigenvalue weighted by Crippen LogP contribution is -2.32. The van der Waals surface area contributed by atoms with Gasteiger partial charge in [-0.25, -0.2) is 13.1 Å². The molecular formula is C15H28N2O2S2. The van der Waals surface area contributed by atoms with Gasteiger partial charge in [0.05, 0.1) is 0 Å². The molecule has 0 bridgehead atoms. The number of nitrogens with one attached hydrogen (secondary N) is 2. The predicted molar refractivity (Wildman–Crippen MR) is 90.5 cm³/mol. The summed E-state index contributed by atoms with van der Waals surface area (Å²) in [5, 5.41) is 3.25. The molecule has 0 radical (unpaired) electrons. The summed E-state index contributed by atoms with van der Waals surface area (Å²) >= 11 is 1.37. The molecule has 4 nitrogen and oxygen atoms in total. The maximum absolute atomic E-state index is 12.3. The maximum Gasteiger partial charge on any atom is 0.250 e. The van der Waals surface area contributed by atoms with Crippen LogP contribution < -0.4 is 10.0 Å². The van der Waals surface area contributed by atoms with Crippen LogP contribution in [0.4, 0.5) is 0 Å². The summed E-state index contributed by atoms with van der Waals surface area (Å²) in [6.07, 6.45) is 5.14. The molecule has 0 aliphatic heterocycles. The van der Waals surface area contributed by atoms with Crippen molar-refractivity contribution in [3.05, 3.63) is 17.0 Å². The van der Waals surface area contributed by atoms with Crippen LogP contribution in [0.5, 0.6) is 0 Å². The normalized spacial score (nSPS) is 13.5. The molecule has 0 fully saturated rings. The minimum absolute atomic E-state index is 0.00569. The number of sulfonamides is 1. The second-order valence-corrected chi connectivity index (χ2v) is 8.45. The third-order valence-electron chi connectivity index (χ3n) is 3.30.